The number of phenols is 1. The summed E-state index contributed by atoms with van der Waals surface area (Å²) in [5.41, 5.74) is 18.7. The van der Waals surface area contributed by atoms with Crippen molar-refractivity contribution in [2.45, 2.75) is 63.8 Å². The number of carbonyl (C=O) groups excluding carboxylic acids is 4. The highest BCUT2D eigenvalue weighted by molar-refractivity contribution is 6.09. The maximum absolute atomic E-state index is 13.9. The summed E-state index contributed by atoms with van der Waals surface area (Å²) in [5, 5.41) is 22.8. The van der Waals surface area contributed by atoms with E-state index in [1.54, 1.807) is 12.1 Å². The molecule has 0 radical (unpaired) electrons. The van der Waals surface area contributed by atoms with E-state index in [0.29, 0.717) is 42.7 Å². The molecule has 5 aromatic carbocycles. The summed E-state index contributed by atoms with van der Waals surface area (Å²) < 4.78 is 11.6. The number of phenolic OH excluding ortho intramolecular Hbond substituents is 1. The number of aliphatic imine (C=N–C) groups is 1. The smallest absolute Gasteiger partial charge is 0.328 e. The van der Waals surface area contributed by atoms with Crippen LogP contribution in [-0.4, -0.2) is 72.6 Å². The molecule has 0 unspecified atom stereocenters. The van der Waals surface area contributed by atoms with E-state index in [1.807, 2.05) is 91.0 Å². The zero-order valence-corrected chi connectivity index (χ0v) is 32.5. The summed E-state index contributed by atoms with van der Waals surface area (Å²) in [6.07, 6.45) is 1.77. The third-order valence-corrected chi connectivity index (χ3v) is 9.52. The summed E-state index contributed by atoms with van der Waals surface area (Å²) in [5.74, 6) is -2.18. The zero-order chi connectivity index (χ0) is 41.4. The topological polar surface area (TPSA) is 233 Å². The number of unbranched alkanes of at least 4 members (excludes halogenated alkanes) is 1. The minimum atomic E-state index is -1.11. The Kier molecular flexibility index (Phi) is 15.4. The molecule has 0 aliphatic rings. The molecule has 0 saturated heterocycles. The summed E-state index contributed by atoms with van der Waals surface area (Å²) in [6, 6.07) is 28.4. The Morgan fingerprint density at radius 1 is 0.707 bits per heavy atom. The molecule has 58 heavy (non-hydrogen) atoms. The number of hydrogen-bond donors (Lipinski definition) is 7. The first-order valence-corrected chi connectivity index (χ1v) is 19.3. The number of rotatable bonds is 20. The number of benzene rings is 5. The van der Waals surface area contributed by atoms with Crippen LogP contribution < -0.4 is 37.9 Å². The molecule has 0 heterocycles. The minimum absolute atomic E-state index is 0.0280. The second-order valence-electron chi connectivity index (χ2n) is 13.9. The van der Waals surface area contributed by atoms with Gasteiger partial charge >= 0.3 is 5.97 Å². The fraction of sp³-hybridized carbons (Fsp3) is 0.295. The number of aromatic hydroxyl groups is 1. The Morgan fingerprint density at radius 2 is 1.31 bits per heavy atom. The molecular weight excluding hydrogens is 739 g/mol. The van der Waals surface area contributed by atoms with Gasteiger partial charge in [0, 0.05) is 17.7 Å². The predicted octanol–water partition coefficient (Wildman–Crippen LogP) is 4.14. The standard InChI is InChI=1S/C44H51N7O7/c1-28(43(56)58-26-29-12-3-2-4-13-29)49-41(54)35(19-11-25-48-44(46)47)51-42(55)34(18-9-10-24-45)50-38(53)27-57-37-23-21-31-15-6-8-17-33(31)40(37)39-32-16-7-5-14-30(32)20-22-36(39)52/h2-8,12-17,20-23,28,34-35,52H,9-11,18-19,24-27,45H2,1H3,(H,49,54)(H,50,53)(H,51,55)(H4,46,47,48)/t28-,34+,35+/m0/s1. The Hall–Kier alpha value is -6.67. The van der Waals surface area contributed by atoms with Crippen molar-refractivity contribution < 1.29 is 33.8 Å². The molecular formula is C44H51N7O7. The number of guanidine groups is 1. The first-order valence-electron chi connectivity index (χ1n) is 19.3. The third kappa shape index (κ3) is 11.7. The van der Waals surface area contributed by atoms with Crippen LogP contribution >= 0.6 is 0 Å². The van der Waals surface area contributed by atoms with Crippen LogP contribution in [0, 0.1) is 0 Å². The molecule has 10 N–H and O–H groups in total. The van der Waals surface area contributed by atoms with Crippen molar-refractivity contribution in [1.29, 1.82) is 0 Å². The number of nitrogens with zero attached hydrogens (tertiary/aromatic N) is 1. The fourth-order valence-electron chi connectivity index (χ4n) is 6.56. The van der Waals surface area contributed by atoms with Gasteiger partial charge in [-0.2, -0.15) is 0 Å². The van der Waals surface area contributed by atoms with Gasteiger partial charge in [-0.05, 0) is 84.8 Å². The van der Waals surface area contributed by atoms with E-state index >= 15 is 0 Å². The summed E-state index contributed by atoms with van der Waals surface area (Å²) in [4.78, 5) is 57.7. The van der Waals surface area contributed by atoms with Gasteiger partial charge in [0.2, 0.25) is 11.8 Å². The number of hydrogen-bond acceptors (Lipinski definition) is 9. The Labute approximate surface area is 337 Å². The van der Waals surface area contributed by atoms with Crippen molar-refractivity contribution in [3.63, 3.8) is 0 Å². The fourth-order valence-corrected chi connectivity index (χ4v) is 6.56. The molecule has 0 aliphatic carbocycles. The summed E-state index contributed by atoms with van der Waals surface area (Å²) in [7, 11) is 0. The van der Waals surface area contributed by atoms with E-state index in [0.717, 1.165) is 27.1 Å². The molecule has 14 nitrogen and oxygen atoms in total. The van der Waals surface area contributed by atoms with Gasteiger partial charge in [-0.25, -0.2) is 4.79 Å². The van der Waals surface area contributed by atoms with Crippen molar-refractivity contribution in [2.24, 2.45) is 22.2 Å². The molecule has 0 saturated carbocycles. The van der Waals surface area contributed by atoms with Crippen LogP contribution in [0.5, 0.6) is 11.5 Å². The Balaban J connectivity index is 1.31. The van der Waals surface area contributed by atoms with E-state index in [-0.39, 0.29) is 37.7 Å². The number of amides is 3. The van der Waals surface area contributed by atoms with Crippen molar-refractivity contribution in [1.82, 2.24) is 16.0 Å². The van der Waals surface area contributed by atoms with Gasteiger partial charge in [0.25, 0.3) is 5.91 Å². The number of esters is 1. The average Bonchev–Trinajstić information content (AvgIpc) is 3.22. The van der Waals surface area contributed by atoms with Gasteiger partial charge in [-0.15, -0.1) is 0 Å². The van der Waals surface area contributed by atoms with E-state index in [9.17, 15) is 24.3 Å². The van der Waals surface area contributed by atoms with Gasteiger partial charge < -0.3 is 47.7 Å². The van der Waals surface area contributed by atoms with Crippen LogP contribution in [0.15, 0.2) is 108 Å². The number of fused-ring (bicyclic) bond motifs is 2. The van der Waals surface area contributed by atoms with Gasteiger partial charge in [-0.3, -0.25) is 19.4 Å². The lowest BCUT2D eigenvalue weighted by molar-refractivity contribution is -0.148. The number of nitrogens with one attached hydrogen (secondary N) is 3. The monoisotopic (exact) mass is 789 g/mol. The Bertz CT molecular complexity index is 2230. The molecule has 3 atom stereocenters. The van der Waals surface area contributed by atoms with Gasteiger partial charge in [0.1, 0.15) is 36.2 Å². The van der Waals surface area contributed by atoms with Crippen LogP contribution in [0.1, 0.15) is 44.6 Å². The number of ether oxygens (including phenoxy) is 2. The molecule has 0 fully saturated rings. The lowest BCUT2D eigenvalue weighted by atomic mass is 9.92. The Morgan fingerprint density at radius 3 is 2.00 bits per heavy atom. The second-order valence-corrected chi connectivity index (χ2v) is 13.9. The SMILES string of the molecule is C[C@H](NC(=O)[C@@H](CCCN=C(N)N)NC(=O)[C@@H](CCCCN)NC(=O)COc1ccc2ccccc2c1-c1c(O)ccc2ccccc12)C(=O)OCc1ccccc1. The summed E-state index contributed by atoms with van der Waals surface area (Å²) >= 11 is 0. The van der Waals surface area contributed by atoms with Crippen molar-refractivity contribution >= 4 is 51.2 Å². The van der Waals surface area contributed by atoms with E-state index in [1.165, 1.54) is 6.92 Å². The van der Waals surface area contributed by atoms with Gasteiger partial charge in [0.05, 0.1) is 0 Å². The molecule has 304 valence electrons. The summed E-state index contributed by atoms with van der Waals surface area (Å²) in [6.45, 7) is 1.63. The highest BCUT2D eigenvalue weighted by atomic mass is 16.5. The molecule has 0 aromatic heterocycles. The quantitative estimate of drug-likeness (QED) is 0.0258. The van der Waals surface area contributed by atoms with Crippen LogP contribution in [0.4, 0.5) is 0 Å². The zero-order valence-electron chi connectivity index (χ0n) is 32.5. The van der Waals surface area contributed by atoms with E-state index in [4.69, 9.17) is 26.7 Å². The predicted molar refractivity (Wildman–Crippen MR) is 225 cm³/mol. The van der Waals surface area contributed by atoms with Crippen molar-refractivity contribution in [3.8, 4) is 22.6 Å². The average molecular weight is 790 g/mol. The van der Waals surface area contributed by atoms with E-state index in [2.05, 4.69) is 20.9 Å². The molecule has 0 bridgehead atoms. The lowest BCUT2D eigenvalue weighted by Crippen LogP contribution is -2.55. The van der Waals surface area contributed by atoms with Crippen molar-refractivity contribution in [3.05, 3.63) is 109 Å². The molecule has 0 spiro atoms. The van der Waals surface area contributed by atoms with Crippen LogP contribution in [0.2, 0.25) is 0 Å². The molecule has 5 aromatic rings. The minimum Gasteiger partial charge on any atom is -0.507 e. The molecule has 0 aliphatic heterocycles. The van der Waals surface area contributed by atoms with Crippen LogP contribution in [-0.2, 0) is 30.5 Å². The number of carbonyl (C=O) groups is 4. The number of nitrogens with two attached hydrogens (primary N) is 3. The highest BCUT2D eigenvalue weighted by Gasteiger charge is 2.29. The molecule has 14 heteroatoms. The van der Waals surface area contributed by atoms with E-state index < -0.39 is 48.4 Å². The van der Waals surface area contributed by atoms with Gasteiger partial charge in [0.15, 0.2) is 12.6 Å². The first-order chi connectivity index (χ1) is 28.0. The first kappa shape index (κ1) is 42.5. The molecule has 3 amide bonds. The van der Waals surface area contributed by atoms with Gasteiger partial charge in [-0.1, -0.05) is 91.0 Å². The van der Waals surface area contributed by atoms with Crippen molar-refractivity contribution in [2.75, 3.05) is 19.7 Å². The highest BCUT2D eigenvalue weighted by Crippen LogP contribution is 2.45. The maximum Gasteiger partial charge on any atom is 0.328 e. The lowest BCUT2D eigenvalue weighted by Gasteiger charge is -2.24. The normalized spacial score (nSPS) is 12.5. The largest absolute Gasteiger partial charge is 0.507 e. The molecule has 5 rings (SSSR count). The second kappa shape index (κ2) is 21.0. The van der Waals surface area contributed by atoms with Crippen LogP contribution in [0.3, 0.4) is 0 Å². The maximum atomic E-state index is 13.9. The third-order valence-electron chi connectivity index (χ3n) is 9.52. The van der Waals surface area contributed by atoms with Crippen LogP contribution in [0.25, 0.3) is 32.7 Å².